The summed E-state index contributed by atoms with van der Waals surface area (Å²) >= 11 is 3.37. The molecular formula is C15H18O2S2. The lowest BCUT2D eigenvalue weighted by atomic mass is 10.1. The topological polar surface area (TPSA) is 26.3 Å². The van der Waals surface area contributed by atoms with Crippen LogP contribution < -0.4 is 0 Å². The van der Waals surface area contributed by atoms with Crippen LogP contribution in [0.15, 0.2) is 40.6 Å². The van der Waals surface area contributed by atoms with Gasteiger partial charge in [-0.1, -0.05) is 61.9 Å². The normalized spacial score (nSPS) is 22.1. The van der Waals surface area contributed by atoms with Crippen LogP contribution >= 0.6 is 23.5 Å². The summed E-state index contributed by atoms with van der Waals surface area (Å²) in [6.45, 7) is 2.19. The zero-order valence-electron chi connectivity index (χ0n) is 11.2. The highest BCUT2D eigenvalue weighted by atomic mass is 32.2. The van der Waals surface area contributed by atoms with Crippen molar-refractivity contribution in [2.75, 3.05) is 7.11 Å². The molecule has 1 aromatic rings. The lowest BCUT2D eigenvalue weighted by Crippen LogP contribution is -2.15. The summed E-state index contributed by atoms with van der Waals surface area (Å²) in [6, 6.07) is 10.4. The molecule has 0 bridgehead atoms. The van der Waals surface area contributed by atoms with Crippen LogP contribution in [0.3, 0.4) is 0 Å². The minimum absolute atomic E-state index is 0.0687. The van der Waals surface area contributed by atoms with Crippen molar-refractivity contribution < 1.29 is 9.53 Å². The second-order valence-electron chi connectivity index (χ2n) is 4.42. The van der Waals surface area contributed by atoms with Crippen molar-refractivity contribution in [2.45, 2.75) is 30.3 Å². The van der Waals surface area contributed by atoms with Gasteiger partial charge in [0.15, 0.2) is 0 Å². The van der Waals surface area contributed by atoms with Gasteiger partial charge in [0.05, 0.1) is 11.2 Å². The van der Waals surface area contributed by atoms with E-state index in [1.165, 1.54) is 12.7 Å². The third-order valence-electron chi connectivity index (χ3n) is 3.09. The van der Waals surface area contributed by atoms with Gasteiger partial charge in [-0.25, -0.2) is 4.79 Å². The first-order valence-electron chi connectivity index (χ1n) is 6.42. The van der Waals surface area contributed by atoms with Gasteiger partial charge in [-0.2, -0.15) is 0 Å². The summed E-state index contributed by atoms with van der Waals surface area (Å²) in [7, 11) is 1.43. The van der Waals surface area contributed by atoms with Crippen molar-refractivity contribution in [3.8, 4) is 0 Å². The Morgan fingerprint density at radius 1 is 1.32 bits per heavy atom. The highest BCUT2D eigenvalue weighted by molar-refractivity contribution is 8.23. The van der Waals surface area contributed by atoms with E-state index in [0.29, 0.717) is 4.91 Å². The minimum Gasteiger partial charge on any atom is -0.465 e. The number of carbonyl (C=O) groups excluding carboxylic acids is 1. The summed E-state index contributed by atoms with van der Waals surface area (Å²) in [5, 5.41) is 1.94. The number of rotatable bonds is 5. The van der Waals surface area contributed by atoms with Crippen molar-refractivity contribution >= 4 is 29.5 Å². The Kier molecular flexibility index (Phi) is 4.99. The van der Waals surface area contributed by atoms with E-state index in [-0.39, 0.29) is 10.0 Å². The predicted molar refractivity (Wildman–Crippen MR) is 82.9 cm³/mol. The van der Waals surface area contributed by atoms with Crippen LogP contribution in [-0.4, -0.2) is 13.1 Å². The standard InChI is InChI=1S/C15H18O2S2/c1-3-4-10-15(12-8-6-5-7-9-12)18-11-13(19-15)14(16)17-2/h5-9,11H,3-4,10H2,1-2H3. The molecule has 0 N–H and O–H groups in total. The van der Waals surface area contributed by atoms with Crippen molar-refractivity contribution in [2.24, 2.45) is 0 Å². The van der Waals surface area contributed by atoms with Gasteiger partial charge in [0.1, 0.15) is 4.91 Å². The van der Waals surface area contributed by atoms with E-state index in [9.17, 15) is 4.79 Å². The Morgan fingerprint density at radius 3 is 2.68 bits per heavy atom. The largest absolute Gasteiger partial charge is 0.465 e. The molecule has 2 rings (SSSR count). The molecular weight excluding hydrogens is 276 g/mol. The Morgan fingerprint density at radius 2 is 2.05 bits per heavy atom. The Bertz CT molecular complexity index is 470. The van der Waals surface area contributed by atoms with Gasteiger partial charge in [-0.15, -0.1) is 11.8 Å². The summed E-state index contributed by atoms with van der Waals surface area (Å²) < 4.78 is 4.76. The van der Waals surface area contributed by atoms with Crippen LogP contribution in [0.5, 0.6) is 0 Å². The molecule has 0 saturated heterocycles. The fourth-order valence-electron chi connectivity index (χ4n) is 2.05. The lowest BCUT2D eigenvalue weighted by Gasteiger charge is -2.28. The van der Waals surface area contributed by atoms with Gasteiger partial charge in [0.25, 0.3) is 0 Å². The zero-order valence-corrected chi connectivity index (χ0v) is 12.9. The predicted octanol–water partition coefficient (Wildman–Crippen LogP) is 4.52. The monoisotopic (exact) mass is 294 g/mol. The average molecular weight is 294 g/mol. The van der Waals surface area contributed by atoms with Gasteiger partial charge in [-0.05, 0) is 17.4 Å². The molecule has 102 valence electrons. The van der Waals surface area contributed by atoms with Gasteiger partial charge < -0.3 is 4.74 Å². The molecule has 0 radical (unpaired) electrons. The zero-order chi connectivity index (χ0) is 13.7. The molecule has 0 saturated carbocycles. The average Bonchev–Trinajstić information content (AvgIpc) is 2.91. The van der Waals surface area contributed by atoms with E-state index >= 15 is 0 Å². The molecule has 4 heteroatoms. The molecule has 2 nitrogen and oxygen atoms in total. The number of thioether (sulfide) groups is 2. The van der Waals surface area contributed by atoms with E-state index in [2.05, 4.69) is 31.2 Å². The Balaban J connectivity index is 2.23. The number of hydrogen-bond acceptors (Lipinski definition) is 4. The van der Waals surface area contributed by atoms with Gasteiger partial charge in [0.2, 0.25) is 0 Å². The van der Waals surface area contributed by atoms with Crippen LogP contribution in [0.25, 0.3) is 0 Å². The maximum Gasteiger partial charge on any atom is 0.344 e. The van der Waals surface area contributed by atoms with Gasteiger partial charge >= 0.3 is 5.97 Å². The third kappa shape index (κ3) is 3.18. The molecule has 19 heavy (non-hydrogen) atoms. The maximum absolute atomic E-state index is 11.7. The molecule has 1 aliphatic rings. The maximum atomic E-state index is 11.7. The first-order valence-corrected chi connectivity index (χ1v) is 8.12. The number of ether oxygens (including phenoxy) is 1. The molecule has 1 heterocycles. The van der Waals surface area contributed by atoms with Crippen LogP contribution in [0, 0.1) is 0 Å². The highest BCUT2D eigenvalue weighted by Gasteiger charge is 2.40. The number of esters is 1. The number of unbranched alkanes of at least 4 members (excludes halogenated alkanes) is 1. The number of carbonyl (C=O) groups is 1. The molecule has 1 aromatic carbocycles. The Hall–Kier alpha value is -0.870. The molecule has 1 atom stereocenters. The van der Waals surface area contributed by atoms with E-state index in [1.54, 1.807) is 23.5 Å². The molecule has 1 aliphatic heterocycles. The fourth-order valence-corrected chi connectivity index (χ4v) is 4.94. The molecule has 0 amide bonds. The van der Waals surface area contributed by atoms with Crippen LogP contribution in [0.4, 0.5) is 0 Å². The van der Waals surface area contributed by atoms with Crippen LogP contribution in [-0.2, 0) is 13.6 Å². The first-order chi connectivity index (χ1) is 9.22. The lowest BCUT2D eigenvalue weighted by molar-refractivity contribution is -0.135. The van der Waals surface area contributed by atoms with E-state index in [1.807, 2.05) is 11.5 Å². The van der Waals surface area contributed by atoms with Crippen molar-refractivity contribution in [3.05, 3.63) is 46.2 Å². The van der Waals surface area contributed by atoms with E-state index in [4.69, 9.17) is 4.74 Å². The highest BCUT2D eigenvalue weighted by Crippen LogP contribution is 2.59. The third-order valence-corrected chi connectivity index (χ3v) is 6.23. The SMILES string of the molecule is CCCCC1(c2ccccc2)SC=C(C(=O)OC)S1. The molecule has 1 unspecified atom stereocenters. The summed E-state index contributed by atoms with van der Waals surface area (Å²) in [5.41, 5.74) is 1.27. The minimum atomic E-state index is -0.230. The number of methoxy groups -OCH3 is 1. The first kappa shape index (κ1) is 14.5. The molecule has 0 aliphatic carbocycles. The summed E-state index contributed by atoms with van der Waals surface area (Å²) in [5.74, 6) is -0.230. The van der Waals surface area contributed by atoms with E-state index in [0.717, 1.165) is 19.3 Å². The second kappa shape index (κ2) is 6.53. The quantitative estimate of drug-likeness (QED) is 0.746. The molecule has 0 spiro atoms. The smallest absolute Gasteiger partial charge is 0.344 e. The molecule has 0 fully saturated rings. The van der Waals surface area contributed by atoms with Crippen LogP contribution in [0.1, 0.15) is 31.7 Å². The molecule has 0 aromatic heterocycles. The van der Waals surface area contributed by atoms with Crippen LogP contribution in [0.2, 0.25) is 0 Å². The summed E-state index contributed by atoms with van der Waals surface area (Å²) in [4.78, 5) is 12.4. The van der Waals surface area contributed by atoms with Crippen molar-refractivity contribution in [3.63, 3.8) is 0 Å². The van der Waals surface area contributed by atoms with E-state index < -0.39 is 0 Å². The number of hydrogen-bond donors (Lipinski definition) is 0. The Labute approximate surface area is 123 Å². The second-order valence-corrected chi connectivity index (χ2v) is 7.18. The van der Waals surface area contributed by atoms with Gasteiger partial charge in [-0.3, -0.25) is 0 Å². The van der Waals surface area contributed by atoms with Gasteiger partial charge in [0, 0.05) is 0 Å². The summed E-state index contributed by atoms with van der Waals surface area (Å²) in [6.07, 6.45) is 3.36. The van der Waals surface area contributed by atoms with Crippen molar-refractivity contribution in [1.29, 1.82) is 0 Å². The number of benzene rings is 1. The van der Waals surface area contributed by atoms with Crippen molar-refractivity contribution in [1.82, 2.24) is 0 Å². The fraction of sp³-hybridized carbons (Fsp3) is 0.400.